The van der Waals surface area contributed by atoms with Crippen LogP contribution in [0.15, 0.2) is 0 Å². The number of nitrogens with two attached hydrogens (primary N) is 1. The van der Waals surface area contributed by atoms with Crippen LogP contribution in [-0.4, -0.2) is 99.8 Å². The minimum Gasteiger partial charge on any atom is -0.481 e. The molecule has 8 N–H and O–H groups in total. The van der Waals surface area contributed by atoms with Gasteiger partial charge < -0.3 is 37.0 Å². The summed E-state index contributed by atoms with van der Waals surface area (Å²) in [4.78, 5) is 59.0. The van der Waals surface area contributed by atoms with Crippen molar-refractivity contribution in [2.45, 2.75) is 43.4 Å². The van der Waals surface area contributed by atoms with Crippen molar-refractivity contribution >= 4 is 53.2 Å². The van der Waals surface area contributed by atoms with E-state index in [1.807, 2.05) is 0 Å². The van der Waals surface area contributed by atoms with Gasteiger partial charge in [-0.15, -0.1) is 0 Å². The molecule has 0 heterocycles. The Morgan fingerprint density at radius 3 is 1.71 bits per heavy atom. The largest absolute Gasteiger partial charge is 0.481 e. The average molecular weight is 483 g/mol. The zero-order chi connectivity index (χ0) is 24.0. The topological polar surface area (TPSA) is 208 Å². The zero-order valence-corrected chi connectivity index (χ0v) is 19.0. The third-order valence-electron chi connectivity index (χ3n) is 4.02. The van der Waals surface area contributed by atoms with E-state index in [-0.39, 0.29) is 12.8 Å². The van der Waals surface area contributed by atoms with Gasteiger partial charge in [0.1, 0.15) is 18.1 Å². The summed E-state index contributed by atoms with van der Waals surface area (Å²) < 4.78 is 0. The summed E-state index contributed by atoms with van der Waals surface area (Å²) in [5, 5.41) is 34.3. The molecule has 0 fully saturated rings. The number of carboxylic acid groups (broad SMARTS) is 2. The third-order valence-corrected chi connectivity index (χ3v) is 5.30. The number of hydrogen-bond acceptors (Lipinski definition) is 9. The van der Waals surface area contributed by atoms with Crippen molar-refractivity contribution < 1.29 is 39.3 Å². The molecule has 0 rings (SSSR count). The molecular weight excluding hydrogens is 452 g/mol. The first-order valence-electron chi connectivity index (χ1n) is 9.27. The van der Waals surface area contributed by atoms with Crippen LogP contribution < -0.4 is 21.7 Å². The maximum absolute atomic E-state index is 12.6. The van der Waals surface area contributed by atoms with Crippen molar-refractivity contribution in [2.24, 2.45) is 5.73 Å². The van der Waals surface area contributed by atoms with Gasteiger partial charge in [-0.1, -0.05) is 0 Å². The SMILES string of the molecule is CSCCC(NC(=O)C(CCSC)NC(=O)C(CO)NC(=O)C(N)CC(=O)O)C(=O)O. The maximum Gasteiger partial charge on any atom is 0.326 e. The second-order valence-corrected chi connectivity index (χ2v) is 8.44. The molecule has 4 atom stereocenters. The highest BCUT2D eigenvalue weighted by Crippen LogP contribution is 2.05. The first-order chi connectivity index (χ1) is 14.6. The van der Waals surface area contributed by atoms with Gasteiger partial charge in [-0.3, -0.25) is 19.2 Å². The quantitative estimate of drug-likeness (QED) is 0.126. The first kappa shape index (κ1) is 29.0. The van der Waals surface area contributed by atoms with Gasteiger partial charge in [0.15, 0.2) is 0 Å². The van der Waals surface area contributed by atoms with Crippen LogP contribution in [0.4, 0.5) is 0 Å². The number of aliphatic carboxylic acids is 2. The van der Waals surface area contributed by atoms with E-state index >= 15 is 0 Å². The van der Waals surface area contributed by atoms with Crippen LogP contribution in [0.25, 0.3) is 0 Å². The third kappa shape index (κ3) is 11.8. The Labute approximate surface area is 188 Å². The zero-order valence-electron chi connectivity index (χ0n) is 17.3. The summed E-state index contributed by atoms with van der Waals surface area (Å²) in [6.07, 6.45) is 3.29. The molecule has 0 bridgehead atoms. The number of carbonyl (C=O) groups is 5. The van der Waals surface area contributed by atoms with E-state index in [2.05, 4.69) is 16.0 Å². The number of aliphatic hydroxyl groups is 1. The minimum absolute atomic E-state index is 0.179. The van der Waals surface area contributed by atoms with Crippen LogP contribution in [0, 0.1) is 0 Å². The molecule has 0 aliphatic rings. The van der Waals surface area contributed by atoms with E-state index in [9.17, 15) is 34.2 Å². The van der Waals surface area contributed by atoms with Crippen LogP contribution in [0.3, 0.4) is 0 Å². The second kappa shape index (κ2) is 15.7. The van der Waals surface area contributed by atoms with E-state index in [0.29, 0.717) is 11.5 Å². The summed E-state index contributed by atoms with van der Waals surface area (Å²) in [6.45, 7) is -0.820. The fourth-order valence-corrected chi connectivity index (χ4v) is 3.24. The molecule has 0 radical (unpaired) electrons. The van der Waals surface area contributed by atoms with E-state index in [1.54, 1.807) is 12.5 Å². The van der Waals surface area contributed by atoms with Crippen LogP contribution in [0.5, 0.6) is 0 Å². The maximum atomic E-state index is 12.6. The normalized spacial score (nSPS) is 14.6. The predicted octanol–water partition coefficient (Wildman–Crippen LogP) is -2.17. The Morgan fingerprint density at radius 2 is 1.26 bits per heavy atom. The molecule has 0 spiro atoms. The summed E-state index contributed by atoms with van der Waals surface area (Å²) >= 11 is 2.83. The molecule has 12 nitrogen and oxygen atoms in total. The van der Waals surface area contributed by atoms with Crippen LogP contribution in [0.1, 0.15) is 19.3 Å². The molecule has 0 saturated heterocycles. The van der Waals surface area contributed by atoms with E-state index in [1.165, 1.54) is 23.5 Å². The van der Waals surface area contributed by atoms with Gasteiger partial charge in [-0.2, -0.15) is 23.5 Å². The van der Waals surface area contributed by atoms with Gasteiger partial charge in [-0.05, 0) is 36.9 Å². The van der Waals surface area contributed by atoms with Crippen molar-refractivity contribution in [2.75, 3.05) is 30.6 Å². The molecule has 3 amide bonds. The number of hydrogen-bond donors (Lipinski definition) is 7. The van der Waals surface area contributed by atoms with Crippen LogP contribution >= 0.6 is 23.5 Å². The fraction of sp³-hybridized carbons (Fsp3) is 0.706. The molecule has 178 valence electrons. The molecule has 0 aromatic carbocycles. The highest BCUT2D eigenvalue weighted by atomic mass is 32.2. The Kier molecular flexibility index (Phi) is 14.7. The predicted molar refractivity (Wildman–Crippen MR) is 117 cm³/mol. The van der Waals surface area contributed by atoms with Crippen LogP contribution in [0.2, 0.25) is 0 Å². The van der Waals surface area contributed by atoms with Crippen molar-refractivity contribution in [1.29, 1.82) is 0 Å². The molecule has 0 aromatic heterocycles. The summed E-state index contributed by atoms with van der Waals surface area (Å²) in [7, 11) is 0. The highest BCUT2D eigenvalue weighted by molar-refractivity contribution is 7.98. The van der Waals surface area contributed by atoms with Gasteiger partial charge in [0.25, 0.3) is 0 Å². The lowest BCUT2D eigenvalue weighted by Crippen LogP contribution is -2.58. The highest BCUT2D eigenvalue weighted by Gasteiger charge is 2.30. The van der Waals surface area contributed by atoms with Gasteiger partial charge in [-0.25, -0.2) is 4.79 Å². The van der Waals surface area contributed by atoms with E-state index < -0.39 is 66.9 Å². The minimum atomic E-state index is -1.47. The monoisotopic (exact) mass is 482 g/mol. The lowest BCUT2D eigenvalue weighted by Gasteiger charge is -2.24. The van der Waals surface area contributed by atoms with Gasteiger partial charge in [0.05, 0.1) is 19.1 Å². The lowest BCUT2D eigenvalue weighted by molar-refractivity contribution is -0.142. The van der Waals surface area contributed by atoms with Crippen molar-refractivity contribution in [3.8, 4) is 0 Å². The molecular formula is C17H30N4O8S2. The number of thioether (sulfide) groups is 2. The number of carbonyl (C=O) groups excluding carboxylic acids is 3. The number of carboxylic acids is 2. The molecule has 0 saturated carbocycles. The summed E-state index contributed by atoms with van der Waals surface area (Å²) in [5.41, 5.74) is 5.43. The Morgan fingerprint density at radius 1 is 0.806 bits per heavy atom. The Hall–Kier alpha value is -2.03. The number of nitrogens with one attached hydrogen (secondary N) is 3. The standard InChI is InChI=1S/C17H30N4O8S2/c1-30-5-3-10(15(26)20-11(17(28)29)4-6-31-2)19-16(27)12(8-22)21-14(25)9(18)7-13(23)24/h9-12,22H,3-8,18H2,1-2H3,(H,19,27)(H,20,26)(H,21,25)(H,23,24)(H,28,29). The fourth-order valence-electron chi connectivity index (χ4n) is 2.30. The summed E-state index contributed by atoms with van der Waals surface area (Å²) in [6, 6.07) is -5.13. The Bertz CT molecular complexity index is 637. The number of amides is 3. The van der Waals surface area contributed by atoms with Crippen LogP contribution in [-0.2, 0) is 24.0 Å². The van der Waals surface area contributed by atoms with E-state index in [4.69, 9.17) is 10.8 Å². The molecule has 0 aliphatic carbocycles. The molecule has 0 aliphatic heterocycles. The molecule has 14 heteroatoms. The van der Waals surface area contributed by atoms with Crippen molar-refractivity contribution in [3.63, 3.8) is 0 Å². The van der Waals surface area contributed by atoms with Gasteiger partial charge in [0.2, 0.25) is 17.7 Å². The molecule has 31 heavy (non-hydrogen) atoms. The van der Waals surface area contributed by atoms with Crippen molar-refractivity contribution in [1.82, 2.24) is 16.0 Å². The first-order valence-corrected chi connectivity index (χ1v) is 12.1. The summed E-state index contributed by atoms with van der Waals surface area (Å²) in [5.74, 6) is -4.09. The van der Waals surface area contributed by atoms with Crippen molar-refractivity contribution in [3.05, 3.63) is 0 Å². The molecule has 0 aromatic rings. The van der Waals surface area contributed by atoms with Gasteiger partial charge in [0, 0.05) is 0 Å². The smallest absolute Gasteiger partial charge is 0.326 e. The number of aliphatic hydroxyl groups excluding tert-OH is 1. The average Bonchev–Trinajstić information content (AvgIpc) is 2.70. The molecule has 4 unspecified atom stereocenters. The number of rotatable bonds is 16. The van der Waals surface area contributed by atoms with E-state index in [0.717, 1.165) is 0 Å². The van der Waals surface area contributed by atoms with Gasteiger partial charge >= 0.3 is 11.9 Å². The Balaban J connectivity index is 5.18. The lowest BCUT2D eigenvalue weighted by atomic mass is 10.1. The second-order valence-electron chi connectivity index (χ2n) is 6.47.